The molecule has 1 saturated heterocycles. The Morgan fingerprint density at radius 2 is 1.64 bits per heavy atom. The van der Waals surface area contributed by atoms with Gasteiger partial charge in [-0.2, -0.15) is 4.31 Å². The summed E-state index contributed by atoms with van der Waals surface area (Å²) in [6.45, 7) is 0.123. The molecular formula is C20H22FNO2S. The first-order valence-corrected chi connectivity index (χ1v) is 10.3. The first kappa shape index (κ1) is 16.7. The fourth-order valence-corrected chi connectivity index (χ4v) is 6.90. The normalized spacial score (nSPS) is 24.8. The zero-order valence-corrected chi connectivity index (χ0v) is 14.9. The summed E-state index contributed by atoms with van der Waals surface area (Å²) in [5.41, 5.74) is 0.928. The quantitative estimate of drug-likeness (QED) is 0.814. The van der Waals surface area contributed by atoms with E-state index in [0.717, 1.165) is 31.2 Å². The van der Waals surface area contributed by atoms with Gasteiger partial charge in [0.05, 0.1) is 0 Å². The molecule has 132 valence electrons. The average molecular weight is 359 g/mol. The molecule has 1 atom stereocenters. The second kappa shape index (κ2) is 6.22. The van der Waals surface area contributed by atoms with Gasteiger partial charge in [0.2, 0.25) is 10.0 Å². The summed E-state index contributed by atoms with van der Waals surface area (Å²) in [5, 5.41) is -0.529. The Bertz CT molecular complexity index is 860. The Kier molecular flexibility index (Phi) is 4.16. The Morgan fingerprint density at radius 1 is 1.00 bits per heavy atom. The van der Waals surface area contributed by atoms with Crippen LogP contribution >= 0.6 is 0 Å². The molecule has 3 nitrogen and oxygen atoms in total. The van der Waals surface area contributed by atoms with E-state index >= 15 is 0 Å². The van der Waals surface area contributed by atoms with Gasteiger partial charge in [0, 0.05) is 17.6 Å². The highest BCUT2D eigenvalue weighted by atomic mass is 32.2. The molecule has 1 spiro atoms. The van der Waals surface area contributed by atoms with Crippen LogP contribution in [0.2, 0.25) is 0 Å². The molecule has 2 aromatic rings. The van der Waals surface area contributed by atoms with Crippen molar-refractivity contribution >= 4 is 10.0 Å². The zero-order chi connectivity index (χ0) is 17.5. The third-order valence-electron chi connectivity index (χ3n) is 5.74. The number of rotatable bonds is 3. The van der Waals surface area contributed by atoms with Crippen LogP contribution in [0, 0.1) is 5.82 Å². The summed E-state index contributed by atoms with van der Waals surface area (Å²) < 4.78 is 42.5. The van der Waals surface area contributed by atoms with Crippen molar-refractivity contribution in [2.24, 2.45) is 0 Å². The Hall–Kier alpha value is -1.72. The third-order valence-corrected chi connectivity index (χ3v) is 8.03. The standard InChI is InChI=1S/C20H22FNO2S/c21-18-11-5-4-10-17(18)15-22-20(12-6-7-13-20)14-19(25(22,23)24)16-8-2-1-3-9-16/h1-5,8-11,19H,6-7,12-15H2. The van der Waals surface area contributed by atoms with Gasteiger partial charge in [-0.05, 0) is 30.9 Å². The van der Waals surface area contributed by atoms with Gasteiger partial charge in [0.1, 0.15) is 11.1 Å². The topological polar surface area (TPSA) is 37.4 Å². The minimum atomic E-state index is -3.52. The van der Waals surface area contributed by atoms with E-state index in [1.54, 1.807) is 22.5 Å². The van der Waals surface area contributed by atoms with E-state index < -0.39 is 15.3 Å². The molecule has 1 heterocycles. The third kappa shape index (κ3) is 2.79. The zero-order valence-electron chi connectivity index (χ0n) is 14.1. The lowest BCUT2D eigenvalue weighted by atomic mass is 9.89. The van der Waals surface area contributed by atoms with Crippen molar-refractivity contribution in [2.75, 3.05) is 0 Å². The van der Waals surface area contributed by atoms with Crippen LogP contribution in [0.15, 0.2) is 54.6 Å². The predicted molar refractivity (Wildman–Crippen MR) is 95.9 cm³/mol. The second-order valence-electron chi connectivity index (χ2n) is 7.18. The lowest BCUT2D eigenvalue weighted by Crippen LogP contribution is -2.43. The monoisotopic (exact) mass is 359 g/mol. The van der Waals surface area contributed by atoms with E-state index in [1.807, 2.05) is 30.3 Å². The Balaban J connectivity index is 1.76. The van der Waals surface area contributed by atoms with Crippen LogP contribution in [-0.4, -0.2) is 18.3 Å². The molecule has 0 radical (unpaired) electrons. The van der Waals surface area contributed by atoms with Gasteiger partial charge in [-0.25, -0.2) is 12.8 Å². The lowest BCUT2D eigenvalue weighted by Gasteiger charge is -2.33. The van der Waals surface area contributed by atoms with Crippen LogP contribution in [0.25, 0.3) is 0 Å². The van der Waals surface area contributed by atoms with Crippen molar-refractivity contribution < 1.29 is 12.8 Å². The van der Waals surface area contributed by atoms with E-state index in [1.165, 1.54) is 6.07 Å². The van der Waals surface area contributed by atoms with Crippen molar-refractivity contribution in [1.29, 1.82) is 0 Å². The smallest absolute Gasteiger partial charge is 0.212 e. The van der Waals surface area contributed by atoms with Crippen molar-refractivity contribution in [3.05, 3.63) is 71.5 Å². The highest BCUT2D eigenvalue weighted by Gasteiger charge is 2.56. The maximum Gasteiger partial charge on any atom is 0.222 e. The number of hydrogen-bond acceptors (Lipinski definition) is 2. The largest absolute Gasteiger partial charge is 0.222 e. The maximum atomic E-state index is 14.2. The first-order valence-electron chi connectivity index (χ1n) is 8.83. The Labute approximate surface area is 148 Å². The molecule has 0 amide bonds. The van der Waals surface area contributed by atoms with Crippen LogP contribution in [0.4, 0.5) is 4.39 Å². The highest BCUT2D eigenvalue weighted by molar-refractivity contribution is 7.89. The molecule has 0 N–H and O–H groups in total. The van der Waals surface area contributed by atoms with Gasteiger partial charge in [-0.15, -0.1) is 0 Å². The molecule has 2 fully saturated rings. The fraction of sp³-hybridized carbons (Fsp3) is 0.400. The number of benzene rings is 2. The van der Waals surface area contributed by atoms with Crippen LogP contribution in [0.5, 0.6) is 0 Å². The van der Waals surface area contributed by atoms with Crippen LogP contribution in [-0.2, 0) is 16.6 Å². The summed E-state index contributed by atoms with van der Waals surface area (Å²) in [6.07, 6.45) is 4.40. The number of halogens is 1. The van der Waals surface area contributed by atoms with Gasteiger partial charge < -0.3 is 0 Å². The molecule has 1 saturated carbocycles. The molecule has 2 aliphatic rings. The summed E-state index contributed by atoms with van der Waals surface area (Å²) in [7, 11) is -3.52. The first-order chi connectivity index (χ1) is 12.0. The summed E-state index contributed by atoms with van der Waals surface area (Å²) in [4.78, 5) is 0. The van der Waals surface area contributed by atoms with Gasteiger partial charge in [-0.1, -0.05) is 61.4 Å². The predicted octanol–water partition coefficient (Wildman–Crippen LogP) is 4.42. The SMILES string of the molecule is O=S1(=O)C(c2ccccc2)CC2(CCCC2)N1Cc1ccccc1F. The molecule has 0 aromatic heterocycles. The molecule has 1 aliphatic heterocycles. The van der Waals surface area contributed by atoms with Crippen molar-refractivity contribution in [3.8, 4) is 0 Å². The molecular weight excluding hydrogens is 337 g/mol. The summed E-state index contributed by atoms with van der Waals surface area (Å²) in [6, 6.07) is 15.9. The van der Waals surface area contributed by atoms with Gasteiger partial charge >= 0.3 is 0 Å². The van der Waals surface area contributed by atoms with Gasteiger partial charge in [-0.3, -0.25) is 0 Å². The molecule has 25 heavy (non-hydrogen) atoms. The van der Waals surface area contributed by atoms with E-state index in [-0.39, 0.29) is 17.9 Å². The number of hydrogen-bond donors (Lipinski definition) is 0. The second-order valence-corrected chi connectivity index (χ2v) is 9.22. The lowest BCUT2D eigenvalue weighted by molar-refractivity contribution is 0.197. The van der Waals surface area contributed by atoms with E-state index in [0.29, 0.717) is 12.0 Å². The fourth-order valence-electron chi connectivity index (χ4n) is 4.46. The molecule has 4 rings (SSSR count). The summed E-state index contributed by atoms with van der Waals surface area (Å²) in [5.74, 6) is -0.339. The van der Waals surface area contributed by atoms with Crippen molar-refractivity contribution in [3.63, 3.8) is 0 Å². The van der Waals surface area contributed by atoms with Gasteiger partial charge in [0.25, 0.3) is 0 Å². The van der Waals surface area contributed by atoms with Crippen molar-refractivity contribution in [2.45, 2.75) is 49.4 Å². The number of nitrogens with zero attached hydrogens (tertiary/aromatic N) is 1. The average Bonchev–Trinajstić information content (AvgIpc) is 3.16. The minimum absolute atomic E-state index is 0.123. The van der Waals surface area contributed by atoms with Crippen LogP contribution in [0.3, 0.4) is 0 Å². The minimum Gasteiger partial charge on any atom is -0.212 e. The van der Waals surface area contributed by atoms with Crippen LogP contribution < -0.4 is 0 Å². The molecule has 1 unspecified atom stereocenters. The van der Waals surface area contributed by atoms with E-state index in [4.69, 9.17) is 0 Å². The molecule has 0 bridgehead atoms. The maximum absolute atomic E-state index is 14.2. The molecule has 1 aliphatic carbocycles. The summed E-state index contributed by atoms with van der Waals surface area (Å²) >= 11 is 0. The number of sulfonamides is 1. The molecule has 2 aromatic carbocycles. The van der Waals surface area contributed by atoms with Gasteiger partial charge in [0.15, 0.2) is 0 Å². The molecule has 5 heteroatoms. The van der Waals surface area contributed by atoms with Crippen LogP contribution in [0.1, 0.15) is 48.5 Å². The van der Waals surface area contributed by atoms with E-state index in [2.05, 4.69) is 0 Å². The Morgan fingerprint density at radius 3 is 2.32 bits per heavy atom. The van der Waals surface area contributed by atoms with E-state index in [9.17, 15) is 12.8 Å². The highest BCUT2D eigenvalue weighted by Crippen LogP contribution is 2.53. The van der Waals surface area contributed by atoms with Crippen molar-refractivity contribution in [1.82, 2.24) is 4.31 Å².